The van der Waals surface area contributed by atoms with Crippen LogP contribution in [0.25, 0.3) is 0 Å². The Kier molecular flexibility index (Phi) is 1.00. The van der Waals surface area contributed by atoms with Crippen molar-refractivity contribution in [1.29, 1.82) is 0 Å². The summed E-state index contributed by atoms with van der Waals surface area (Å²) in [5.74, 6) is 3.89. The van der Waals surface area contributed by atoms with Gasteiger partial charge < -0.3 is 5.32 Å². The Morgan fingerprint density at radius 3 is 2.00 bits per heavy atom. The molecule has 1 radical (unpaired) electrons. The predicted molar refractivity (Wildman–Crippen MR) is 27.2 cm³/mol. The van der Waals surface area contributed by atoms with Gasteiger partial charge in [-0.15, -0.1) is 12.0 Å². The van der Waals surface area contributed by atoms with Gasteiger partial charge in [0.05, 0.1) is 0 Å². The number of hydrogen-bond donors (Lipinski definition) is 1. The van der Waals surface area contributed by atoms with E-state index in [-0.39, 0.29) is 0 Å². The summed E-state index contributed by atoms with van der Waals surface area (Å²) in [5, 5.41) is 2.89. The zero-order chi connectivity index (χ0) is 4.24. The quantitative estimate of drug-likeness (QED) is 0.409. The molecule has 6 heavy (non-hydrogen) atoms. The molecular formula is C4H5BN. The summed E-state index contributed by atoms with van der Waals surface area (Å²) in [5.41, 5.74) is 0. The average molecular weight is 77.9 g/mol. The Bertz CT molecular complexity index is 65.5. The van der Waals surface area contributed by atoms with Gasteiger partial charge in [-0.3, -0.25) is 0 Å². The second-order valence-electron chi connectivity index (χ2n) is 1.08. The van der Waals surface area contributed by atoms with E-state index in [9.17, 15) is 0 Å². The maximum atomic E-state index is 2.89. The molecule has 0 aliphatic carbocycles. The van der Waals surface area contributed by atoms with E-state index in [4.69, 9.17) is 0 Å². The van der Waals surface area contributed by atoms with Crippen molar-refractivity contribution in [2.45, 2.75) is 0 Å². The summed E-state index contributed by atoms with van der Waals surface area (Å²) < 4.78 is 0. The molecule has 0 aromatic carbocycles. The molecule has 1 N–H and O–H groups in total. The summed E-state index contributed by atoms with van der Waals surface area (Å²) in [6.45, 7) is 0. The molecule has 0 saturated heterocycles. The zero-order valence-corrected chi connectivity index (χ0v) is 3.39. The standard InChI is InChI=1S/C4H5BN/c1-3-6-4-2-5-1/h1-4,6H. The highest BCUT2D eigenvalue weighted by Crippen LogP contribution is 1.75. The molecule has 0 fully saturated rings. The Hall–Kier alpha value is -0.655. The Labute approximate surface area is 38.0 Å². The topological polar surface area (TPSA) is 12.0 Å². The summed E-state index contributed by atoms with van der Waals surface area (Å²) in [7, 11) is 1.97. The molecule has 0 aromatic heterocycles. The fourth-order valence-electron chi connectivity index (χ4n) is 0.342. The van der Waals surface area contributed by atoms with Crippen LogP contribution in [0.5, 0.6) is 0 Å². The Morgan fingerprint density at radius 1 is 1.17 bits per heavy atom. The molecule has 0 aromatic rings. The van der Waals surface area contributed by atoms with Gasteiger partial charge in [0.2, 0.25) is 0 Å². The maximum Gasteiger partial charge on any atom is 0.175 e. The molecule has 2 heteroatoms. The third-order valence-corrected chi connectivity index (χ3v) is 0.607. The lowest BCUT2D eigenvalue weighted by Crippen LogP contribution is -1.98. The molecule has 0 atom stereocenters. The van der Waals surface area contributed by atoms with Gasteiger partial charge in [-0.1, -0.05) is 0 Å². The van der Waals surface area contributed by atoms with Crippen molar-refractivity contribution < 1.29 is 0 Å². The van der Waals surface area contributed by atoms with E-state index in [1.165, 1.54) is 0 Å². The number of rotatable bonds is 0. The predicted octanol–water partition coefficient (Wildman–Crippen LogP) is 0.236. The van der Waals surface area contributed by atoms with Crippen molar-refractivity contribution in [1.82, 2.24) is 5.32 Å². The van der Waals surface area contributed by atoms with Crippen LogP contribution in [-0.4, -0.2) is 7.28 Å². The third-order valence-electron chi connectivity index (χ3n) is 0.607. The fraction of sp³-hybridized carbons (Fsp3) is 0. The van der Waals surface area contributed by atoms with E-state index in [0.29, 0.717) is 0 Å². The van der Waals surface area contributed by atoms with Crippen LogP contribution in [0.2, 0.25) is 0 Å². The van der Waals surface area contributed by atoms with Crippen LogP contribution in [0.4, 0.5) is 0 Å². The first-order valence-corrected chi connectivity index (χ1v) is 1.91. The summed E-state index contributed by atoms with van der Waals surface area (Å²) in [6, 6.07) is 0. The molecule has 0 amide bonds. The van der Waals surface area contributed by atoms with Gasteiger partial charge >= 0.3 is 0 Å². The smallest absolute Gasteiger partial charge is 0.175 e. The van der Waals surface area contributed by atoms with Crippen molar-refractivity contribution in [3.05, 3.63) is 24.4 Å². The summed E-state index contributed by atoms with van der Waals surface area (Å²) in [6.07, 6.45) is 3.75. The first-order valence-electron chi connectivity index (χ1n) is 1.91. The van der Waals surface area contributed by atoms with Gasteiger partial charge in [-0.05, 0) is 12.4 Å². The SMILES string of the molecule is [B]1C=CNC=C1. The molecule has 1 nitrogen and oxygen atoms in total. The van der Waals surface area contributed by atoms with Crippen LogP contribution in [0.3, 0.4) is 0 Å². The maximum absolute atomic E-state index is 2.89. The number of hydrogen-bond acceptors (Lipinski definition) is 1. The van der Waals surface area contributed by atoms with Crippen LogP contribution in [0.1, 0.15) is 0 Å². The molecular weight excluding hydrogens is 72.9 g/mol. The normalized spacial score (nSPS) is 16.0. The van der Waals surface area contributed by atoms with Crippen LogP contribution in [0.15, 0.2) is 24.4 Å². The molecule has 29 valence electrons. The molecule has 1 heterocycles. The molecule has 1 rings (SSSR count). The lowest BCUT2D eigenvalue weighted by Gasteiger charge is -1.91. The Morgan fingerprint density at radius 2 is 1.83 bits per heavy atom. The van der Waals surface area contributed by atoms with Gasteiger partial charge in [-0.2, -0.15) is 0 Å². The van der Waals surface area contributed by atoms with E-state index in [0.717, 1.165) is 0 Å². The van der Waals surface area contributed by atoms with Crippen LogP contribution in [0, 0.1) is 0 Å². The minimum absolute atomic E-state index is 1.88. The van der Waals surface area contributed by atoms with Crippen molar-refractivity contribution in [3.8, 4) is 0 Å². The molecule has 1 aliphatic rings. The lowest BCUT2D eigenvalue weighted by atomic mass is 9.78. The Balaban J connectivity index is 2.40. The van der Waals surface area contributed by atoms with Crippen molar-refractivity contribution in [2.75, 3.05) is 0 Å². The highest BCUT2D eigenvalue weighted by Gasteiger charge is 1.76. The van der Waals surface area contributed by atoms with E-state index < -0.39 is 0 Å². The van der Waals surface area contributed by atoms with Gasteiger partial charge in [-0.25, -0.2) is 0 Å². The first-order chi connectivity index (χ1) is 3.00. The summed E-state index contributed by atoms with van der Waals surface area (Å²) in [4.78, 5) is 0. The van der Waals surface area contributed by atoms with Crippen molar-refractivity contribution in [3.63, 3.8) is 0 Å². The number of nitrogens with one attached hydrogen (secondary N) is 1. The second kappa shape index (κ2) is 1.70. The minimum atomic E-state index is 1.88. The molecule has 1 aliphatic heterocycles. The first kappa shape index (κ1) is 3.53. The largest absolute Gasteiger partial charge is 0.370 e. The molecule has 0 saturated carbocycles. The molecule has 0 unspecified atom stereocenters. The third kappa shape index (κ3) is 0.644. The van der Waals surface area contributed by atoms with E-state index >= 15 is 0 Å². The van der Waals surface area contributed by atoms with Crippen molar-refractivity contribution >= 4 is 7.28 Å². The monoisotopic (exact) mass is 78.1 g/mol. The molecule has 0 spiro atoms. The highest BCUT2D eigenvalue weighted by atomic mass is 14.8. The fourth-order valence-corrected chi connectivity index (χ4v) is 0.342. The molecule has 0 bridgehead atoms. The van der Waals surface area contributed by atoms with Gasteiger partial charge in [0.15, 0.2) is 7.28 Å². The van der Waals surface area contributed by atoms with E-state index in [1.54, 1.807) is 0 Å². The highest BCUT2D eigenvalue weighted by molar-refractivity contribution is 6.48. The average Bonchev–Trinajstić information content (AvgIpc) is 1.72. The van der Waals surface area contributed by atoms with Crippen LogP contribution in [-0.2, 0) is 0 Å². The van der Waals surface area contributed by atoms with Gasteiger partial charge in [0, 0.05) is 0 Å². The second-order valence-corrected chi connectivity index (χ2v) is 1.08. The van der Waals surface area contributed by atoms with Crippen LogP contribution >= 0.6 is 0 Å². The minimum Gasteiger partial charge on any atom is -0.370 e. The zero-order valence-electron chi connectivity index (χ0n) is 3.39. The van der Waals surface area contributed by atoms with E-state index in [1.807, 2.05) is 31.6 Å². The van der Waals surface area contributed by atoms with Crippen molar-refractivity contribution in [2.24, 2.45) is 0 Å². The summed E-state index contributed by atoms with van der Waals surface area (Å²) >= 11 is 0. The van der Waals surface area contributed by atoms with Crippen LogP contribution < -0.4 is 5.32 Å². The van der Waals surface area contributed by atoms with Gasteiger partial charge in [0.1, 0.15) is 0 Å². The van der Waals surface area contributed by atoms with E-state index in [2.05, 4.69) is 5.32 Å². The van der Waals surface area contributed by atoms with Gasteiger partial charge in [0.25, 0.3) is 0 Å². The lowest BCUT2D eigenvalue weighted by molar-refractivity contribution is 1.20.